The molecule has 4 rings (SSSR count). The van der Waals surface area contributed by atoms with Crippen LogP contribution in [-0.2, 0) is 0 Å². The van der Waals surface area contributed by atoms with E-state index in [2.05, 4.69) is 26.1 Å². The van der Waals surface area contributed by atoms with Crippen molar-refractivity contribution in [2.24, 2.45) is 35.5 Å². The summed E-state index contributed by atoms with van der Waals surface area (Å²) in [6.07, 6.45) is 10.5. The lowest BCUT2D eigenvalue weighted by atomic mass is 9.50. The summed E-state index contributed by atoms with van der Waals surface area (Å²) in [6.45, 7) is 8.32. The second kappa shape index (κ2) is 5.76. The van der Waals surface area contributed by atoms with Gasteiger partial charge in [-0.3, -0.25) is 0 Å². The quantitative estimate of drug-likeness (QED) is 0.745. The van der Waals surface area contributed by atoms with Crippen LogP contribution in [-0.4, -0.2) is 12.6 Å². The van der Waals surface area contributed by atoms with E-state index in [1.54, 1.807) is 32.1 Å². The Balaban J connectivity index is 1.70. The Morgan fingerprint density at radius 1 is 0.947 bits per heavy atom. The van der Waals surface area contributed by atoms with Gasteiger partial charge in [-0.15, -0.1) is 0 Å². The third-order valence-electron chi connectivity index (χ3n) is 6.15. The summed E-state index contributed by atoms with van der Waals surface area (Å²) in [5.74, 6) is 6.23. The highest BCUT2D eigenvalue weighted by atomic mass is 14.9. The van der Waals surface area contributed by atoms with Crippen molar-refractivity contribution < 1.29 is 0 Å². The van der Waals surface area contributed by atoms with Gasteiger partial charge in [-0.25, -0.2) is 0 Å². The predicted molar refractivity (Wildman–Crippen MR) is 82.1 cm³/mol. The predicted octanol–water partition coefficient (Wildman–Crippen LogP) is 4.47. The van der Waals surface area contributed by atoms with Crippen LogP contribution in [0, 0.1) is 35.5 Å². The third kappa shape index (κ3) is 2.86. The Hall–Kier alpha value is -0.0400. The first-order valence-electron chi connectivity index (χ1n) is 8.90. The Kier molecular flexibility index (Phi) is 4.22. The Morgan fingerprint density at radius 2 is 1.53 bits per heavy atom. The van der Waals surface area contributed by atoms with Crippen LogP contribution in [0.15, 0.2) is 0 Å². The maximum atomic E-state index is 3.93. The van der Waals surface area contributed by atoms with Crippen LogP contribution in [0.5, 0.6) is 0 Å². The first kappa shape index (κ1) is 13.9. The second-order valence-corrected chi connectivity index (χ2v) is 8.20. The first-order valence-corrected chi connectivity index (χ1v) is 8.90. The molecule has 4 fully saturated rings. The number of nitrogens with one attached hydrogen (secondary N) is 1. The molecular formula is C18H33N. The summed E-state index contributed by atoms with van der Waals surface area (Å²) in [7, 11) is 0. The van der Waals surface area contributed by atoms with Gasteiger partial charge in [-0.1, -0.05) is 20.8 Å². The molecule has 0 saturated heterocycles. The SMILES string of the molecule is CCCNC(CC(C)C)C1C2CC3CC(C2)CC1C3. The average Bonchev–Trinajstić information content (AvgIpc) is 2.33. The van der Waals surface area contributed by atoms with Crippen molar-refractivity contribution in [3.63, 3.8) is 0 Å². The molecule has 110 valence electrons. The van der Waals surface area contributed by atoms with Crippen molar-refractivity contribution in [1.82, 2.24) is 5.32 Å². The van der Waals surface area contributed by atoms with Gasteiger partial charge in [0, 0.05) is 6.04 Å². The van der Waals surface area contributed by atoms with E-state index in [1.807, 2.05) is 0 Å². The van der Waals surface area contributed by atoms with Crippen LogP contribution in [0.25, 0.3) is 0 Å². The largest absolute Gasteiger partial charge is 0.314 e. The molecule has 0 aliphatic heterocycles. The van der Waals surface area contributed by atoms with E-state index in [1.165, 1.54) is 19.4 Å². The molecule has 19 heavy (non-hydrogen) atoms. The summed E-state index contributed by atoms with van der Waals surface area (Å²) in [5.41, 5.74) is 0. The van der Waals surface area contributed by atoms with Crippen LogP contribution in [0.1, 0.15) is 65.7 Å². The zero-order chi connectivity index (χ0) is 13.4. The molecule has 4 bridgehead atoms. The molecule has 0 aromatic heterocycles. The second-order valence-electron chi connectivity index (χ2n) is 8.20. The number of rotatable bonds is 6. The lowest BCUT2D eigenvalue weighted by Crippen LogP contribution is -2.53. The van der Waals surface area contributed by atoms with Gasteiger partial charge in [0.05, 0.1) is 0 Å². The first-order chi connectivity index (χ1) is 9.17. The molecule has 0 aromatic carbocycles. The topological polar surface area (TPSA) is 12.0 Å². The number of hydrogen-bond acceptors (Lipinski definition) is 1. The van der Waals surface area contributed by atoms with Gasteiger partial charge < -0.3 is 5.32 Å². The van der Waals surface area contributed by atoms with Crippen LogP contribution in [0.2, 0.25) is 0 Å². The van der Waals surface area contributed by atoms with Crippen molar-refractivity contribution in [2.75, 3.05) is 6.54 Å². The van der Waals surface area contributed by atoms with Crippen molar-refractivity contribution in [3.05, 3.63) is 0 Å². The van der Waals surface area contributed by atoms with Crippen LogP contribution in [0.3, 0.4) is 0 Å². The fourth-order valence-corrected chi connectivity index (χ4v) is 5.84. The molecule has 4 aliphatic rings. The van der Waals surface area contributed by atoms with Gasteiger partial charge in [0.15, 0.2) is 0 Å². The molecule has 1 unspecified atom stereocenters. The highest BCUT2D eigenvalue weighted by molar-refractivity contribution is 5.01. The van der Waals surface area contributed by atoms with Gasteiger partial charge in [-0.05, 0) is 87.0 Å². The molecule has 0 radical (unpaired) electrons. The van der Waals surface area contributed by atoms with E-state index in [0.717, 1.165) is 41.5 Å². The molecule has 0 spiro atoms. The van der Waals surface area contributed by atoms with Crippen molar-refractivity contribution >= 4 is 0 Å². The minimum absolute atomic E-state index is 0.815. The zero-order valence-electron chi connectivity index (χ0n) is 13.2. The molecule has 0 heterocycles. The van der Waals surface area contributed by atoms with Crippen LogP contribution in [0.4, 0.5) is 0 Å². The lowest BCUT2D eigenvalue weighted by Gasteiger charge is -2.56. The summed E-state index contributed by atoms with van der Waals surface area (Å²) < 4.78 is 0. The Labute approximate surface area is 119 Å². The van der Waals surface area contributed by atoms with Gasteiger partial charge in [-0.2, -0.15) is 0 Å². The van der Waals surface area contributed by atoms with Gasteiger partial charge in [0.2, 0.25) is 0 Å². The zero-order valence-corrected chi connectivity index (χ0v) is 13.2. The average molecular weight is 263 g/mol. The van der Waals surface area contributed by atoms with Crippen molar-refractivity contribution in [3.8, 4) is 0 Å². The van der Waals surface area contributed by atoms with E-state index in [-0.39, 0.29) is 0 Å². The molecule has 1 nitrogen and oxygen atoms in total. The van der Waals surface area contributed by atoms with Crippen molar-refractivity contribution in [2.45, 2.75) is 71.8 Å². The van der Waals surface area contributed by atoms with E-state index >= 15 is 0 Å². The lowest BCUT2D eigenvalue weighted by molar-refractivity contribution is -0.0543. The highest BCUT2D eigenvalue weighted by Crippen LogP contribution is 2.57. The molecule has 1 N–H and O–H groups in total. The summed E-state index contributed by atoms with van der Waals surface area (Å²) in [6, 6.07) is 0.815. The summed E-state index contributed by atoms with van der Waals surface area (Å²) in [4.78, 5) is 0. The Morgan fingerprint density at radius 3 is 2.00 bits per heavy atom. The minimum atomic E-state index is 0.815. The maximum Gasteiger partial charge on any atom is 0.0103 e. The van der Waals surface area contributed by atoms with Crippen molar-refractivity contribution in [1.29, 1.82) is 0 Å². The smallest absolute Gasteiger partial charge is 0.0103 e. The minimum Gasteiger partial charge on any atom is -0.314 e. The van der Waals surface area contributed by atoms with Crippen LogP contribution >= 0.6 is 0 Å². The monoisotopic (exact) mass is 263 g/mol. The van der Waals surface area contributed by atoms with Crippen LogP contribution < -0.4 is 5.32 Å². The van der Waals surface area contributed by atoms with Gasteiger partial charge >= 0.3 is 0 Å². The molecule has 1 heteroatoms. The van der Waals surface area contributed by atoms with E-state index in [9.17, 15) is 0 Å². The molecule has 0 aromatic rings. The number of hydrogen-bond donors (Lipinski definition) is 1. The molecule has 4 aliphatic carbocycles. The van der Waals surface area contributed by atoms with E-state index in [0.29, 0.717) is 0 Å². The highest BCUT2D eigenvalue weighted by Gasteiger charge is 2.50. The van der Waals surface area contributed by atoms with E-state index in [4.69, 9.17) is 0 Å². The molecule has 4 saturated carbocycles. The molecular weight excluding hydrogens is 230 g/mol. The van der Waals surface area contributed by atoms with Gasteiger partial charge in [0.25, 0.3) is 0 Å². The molecule has 1 atom stereocenters. The fraction of sp³-hybridized carbons (Fsp3) is 1.00. The standard InChI is InChI=1S/C18H33N/c1-4-5-19-17(6-12(2)3)18-15-8-13-7-14(10-15)11-16(18)9-13/h12-19H,4-11H2,1-3H3. The maximum absolute atomic E-state index is 3.93. The third-order valence-corrected chi connectivity index (χ3v) is 6.15. The molecule has 0 amide bonds. The Bertz CT molecular complexity index is 268. The summed E-state index contributed by atoms with van der Waals surface area (Å²) in [5, 5.41) is 3.93. The van der Waals surface area contributed by atoms with Gasteiger partial charge in [0.1, 0.15) is 0 Å². The summed E-state index contributed by atoms with van der Waals surface area (Å²) >= 11 is 0. The van der Waals surface area contributed by atoms with E-state index < -0.39 is 0 Å². The fourth-order valence-electron chi connectivity index (χ4n) is 5.84. The normalized spacial score (nSPS) is 42.0.